The lowest BCUT2D eigenvalue weighted by atomic mass is 9.89. The van der Waals surface area contributed by atoms with Gasteiger partial charge in [-0.3, -0.25) is 0 Å². The van der Waals surface area contributed by atoms with Crippen LogP contribution in [0.4, 0.5) is 0 Å². The zero-order chi connectivity index (χ0) is 14.2. The summed E-state index contributed by atoms with van der Waals surface area (Å²) in [4.78, 5) is 4.22. The van der Waals surface area contributed by atoms with Crippen molar-refractivity contribution in [2.24, 2.45) is 0 Å². The van der Waals surface area contributed by atoms with Gasteiger partial charge in [0.05, 0.1) is 24.3 Å². The minimum absolute atomic E-state index is 0.339. The number of rotatable bonds is 4. The predicted octanol–water partition coefficient (Wildman–Crippen LogP) is 3.17. The Morgan fingerprint density at radius 3 is 3.05 bits per heavy atom. The van der Waals surface area contributed by atoms with Crippen molar-refractivity contribution in [3.8, 4) is 5.75 Å². The van der Waals surface area contributed by atoms with Crippen molar-refractivity contribution >= 4 is 0 Å². The number of ether oxygens (including phenoxy) is 1. The second-order valence-electron chi connectivity index (χ2n) is 6.08. The minimum Gasteiger partial charge on any atom is -0.487 e. The summed E-state index contributed by atoms with van der Waals surface area (Å²) < 4.78 is 8.13. The van der Waals surface area contributed by atoms with Crippen LogP contribution in [0.25, 0.3) is 0 Å². The fourth-order valence-electron chi connectivity index (χ4n) is 3.12. The molecule has 1 heterocycles. The van der Waals surface area contributed by atoms with Crippen molar-refractivity contribution in [1.82, 2.24) is 9.55 Å². The minimum atomic E-state index is -0.339. The Kier molecular flexibility index (Phi) is 3.19. The van der Waals surface area contributed by atoms with Crippen LogP contribution in [0.3, 0.4) is 0 Å². The lowest BCUT2D eigenvalue weighted by Gasteiger charge is -2.22. The van der Waals surface area contributed by atoms with Crippen LogP contribution in [0.2, 0.25) is 0 Å². The number of nitrogens with zero attached hydrogens (tertiary/aromatic N) is 2. The number of hydrogen-bond donors (Lipinski definition) is 1. The molecular formula is C17H20N2O2. The molecule has 1 saturated carbocycles. The van der Waals surface area contributed by atoms with E-state index < -0.39 is 0 Å². The lowest BCUT2D eigenvalue weighted by Crippen LogP contribution is -2.09. The molecule has 1 aromatic carbocycles. The Balaban J connectivity index is 1.49. The van der Waals surface area contributed by atoms with Crippen molar-refractivity contribution in [2.75, 3.05) is 0 Å². The molecule has 4 rings (SSSR count). The van der Waals surface area contributed by atoms with E-state index in [9.17, 15) is 5.11 Å². The van der Waals surface area contributed by atoms with Crippen LogP contribution in [0, 0.1) is 0 Å². The van der Waals surface area contributed by atoms with Gasteiger partial charge in [-0.1, -0.05) is 6.07 Å². The maximum Gasteiger partial charge on any atom is 0.130 e. The second kappa shape index (κ2) is 5.19. The number of imidazole rings is 1. The SMILES string of the molecule is OC1CCCc2ccc(OCc3cncn3C3CC3)cc21. The summed E-state index contributed by atoms with van der Waals surface area (Å²) in [6.07, 6.45) is 8.90. The van der Waals surface area contributed by atoms with Crippen LogP contribution in [-0.2, 0) is 13.0 Å². The Hall–Kier alpha value is -1.81. The first-order valence-corrected chi connectivity index (χ1v) is 7.75. The zero-order valence-corrected chi connectivity index (χ0v) is 12.0. The van der Waals surface area contributed by atoms with Gasteiger partial charge in [-0.15, -0.1) is 0 Å². The molecule has 0 radical (unpaired) electrons. The fraction of sp³-hybridized carbons (Fsp3) is 0.471. The highest BCUT2D eigenvalue weighted by atomic mass is 16.5. The van der Waals surface area contributed by atoms with Crippen molar-refractivity contribution in [3.05, 3.63) is 47.5 Å². The van der Waals surface area contributed by atoms with E-state index in [-0.39, 0.29) is 6.10 Å². The van der Waals surface area contributed by atoms with E-state index in [1.807, 2.05) is 24.7 Å². The van der Waals surface area contributed by atoms with Crippen molar-refractivity contribution < 1.29 is 9.84 Å². The van der Waals surface area contributed by atoms with Gasteiger partial charge in [-0.25, -0.2) is 4.98 Å². The van der Waals surface area contributed by atoms with Crippen LogP contribution in [0.1, 0.15) is 54.6 Å². The van der Waals surface area contributed by atoms with Crippen LogP contribution < -0.4 is 4.74 Å². The average Bonchev–Trinajstić information content (AvgIpc) is 3.24. The molecule has 1 atom stereocenters. The second-order valence-corrected chi connectivity index (χ2v) is 6.08. The standard InChI is InChI=1S/C17H20N2O2/c20-17-3-1-2-12-4-7-15(8-16(12)17)21-10-14-9-18-11-19(14)13-5-6-13/h4,7-9,11,13,17,20H,1-3,5-6,10H2. The Morgan fingerprint density at radius 1 is 1.29 bits per heavy atom. The number of benzene rings is 1. The number of hydrogen-bond acceptors (Lipinski definition) is 3. The Labute approximate surface area is 124 Å². The molecule has 0 spiro atoms. The largest absolute Gasteiger partial charge is 0.487 e. The third-order valence-corrected chi connectivity index (χ3v) is 4.47. The molecule has 0 amide bonds. The van der Waals surface area contributed by atoms with Crippen LogP contribution >= 0.6 is 0 Å². The summed E-state index contributed by atoms with van der Waals surface area (Å²) in [5.74, 6) is 0.832. The van der Waals surface area contributed by atoms with Gasteiger partial charge >= 0.3 is 0 Å². The number of fused-ring (bicyclic) bond motifs is 1. The van der Waals surface area contributed by atoms with E-state index in [0.29, 0.717) is 12.6 Å². The van der Waals surface area contributed by atoms with E-state index >= 15 is 0 Å². The molecular weight excluding hydrogens is 264 g/mol. The topological polar surface area (TPSA) is 47.3 Å². The van der Waals surface area contributed by atoms with Gasteiger partial charge in [0.15, 0.2) is 0 Å². The maximum absolute atomic E-state index is 10.1. The highest BCUT2D eigenvalue weighted by Gasteiger charge is 2.25. The summed E-state index contributed by atoms with van der Waals surface area (Å²) in [6, 6.07) is 6.72. The van der Waals surface area contributed by atoms with Gasteiger partial charge in [-0.2, -0.15) is 0 Å². The summed E-state index contributed by atoms with van der Waals surface area (Å²) in [5.41, 5.74) is 3.41. The first-order chi connectivity index (χ1) is 10.3. The molecule has 0 saturated heterocycles. The molecule has 1 aromatic heterocycles. The van der Waals surface area contributed by atoms with Gasteiger partial charge < -0.3 is 14.4 Å². The Bertz CT molecular complexity index is 646. The van der Waals surface area contributed by atoms with Gasteiger partial charge in [0.25, 0.3) is 0 Å². The van der Waals surface area contributed by atoms with Gasteiger partial charge in [0.1, 0.15) is 12.4 Å². The van der Waals surface area contributed by atoms with E-state index in [1.165, 1.54) is 18.4 Å². The summed E-state index contributed by atoms with van der Waals surface area (Å²) >= 11 is 0. The molecule has 2 aliphatic rings. The number of aryl methyl sites for hydroxylation is 1. The smallest absolute Gasteiger partial charge is 0.130 e. The van der Waals surface area contributed by atoms with Gasteiger partial charge in [0, 0.05) is 6.04 Å². The van der Waals surface area contributed by atoms with Gasteiger partial charge in [-0.05, 0) is 55.4 Å². The number of aliphatic hydroxyl groups excluding tert-OH is 1. The van der Waals surface area contributed by atoms with E-state index in [0.717, 1.165) is 36.3 Å². The van der Waals surface area contributed by atoms with E-state index in [4.69, 9.17) is 4.74 Å². The summed E-state index contributed by atoms with van der Waals surface area (Å²) in [6.45, 7) is 0.533. The summed E-state index contributed by atoms with van der Waals surface area (Å²) in [7, 11) is 0. The molecule has 4 nitrogen and oxygen atoms in total. The first-order valence-electron chi connectivity index (χ1n) is 7.75. The van der Waals surface area contributed by atoms with Crippen molar-refractivity contribution in [1.29, 1.82) is 0 Å². The molecule has 1 N–H and O–H groups in total. The molecule has 1 fully saturated rings. The fourth-order valence-corrected chi connectivity index (χ4v) is 3.12. The van der Waals surface area contributed by atoms with Crippen LogP contribution in [0.15, 0.2) is 30.7 Å². The summed E-state index contributed by atoms with van der Waals surface area (Å²) in [5, 5.41) is 10.1. The highest BCUT2D eigenvalue weighted by Crippen LogP contribution is 2.36. The number of aliphatic hydroxyl groups is 1. The third-order valence-electron chi connectivity index (χ3n) is 4.47. The lowest BCUT2D eigenvalue weighted by molar-refractivity contribution is 0.156. The highest BCUT2D eigenvalue weighted by molar-refractivity contribution is 5.38. The third kappa shape index (κ3) is 2.56. The molecule has 0 bridgehead atoms. The monoisotopic (exact) mass is 284 g/mol. The average molecular weight is 284 g/mol. The molecule has 21 heavy (non-hydrogen) atoms. The molecule has 4 heteroatoms. The van der Waals surface area contributed by atoms with Crippen LogP contribution in [-0.4, -0.2) is 14.7 Å². The van der Waals surface area contributed by atoms with Crippen LogP contribution in [0.5, 0.6) is 5.75 Å². The van der Waals surface area contributed by atoms with Gasteiger partial charge in [0.2, 0.25) is 0 Å². The van der Waals surface area contributed by atoms with E-state index in [1.54, 1.807) is 0 Å². The molecule has 2 aliphatic carbocycles. The molecule has 0 aliphatic heterocycles. The number of aromatic nitrogens is 2. The van der Waals surface area contributed by atoms with Crippen molar-refractivity contribution in [3.63, 3.8) is 0 Å². The normalized spacial score (nSPS) is 21.1. The Morgan fingerprint density at radius 2 is 2.19 bits per heavy atom. The zero-order valence-electron chi connectivity index (χ0n) is 12.0. The molecule has 2 aromatic rings. The van der Waals surface area contributed by atoms with Crippen molar-refractivity contribution in [2.45, 2.75) is 50.9 Å². The van der Waals surface area contributed by atoms with E-state index in [2.05, 4.69) is 15.6 Å². The maximum atomic E-state index is 10.1. The first kappa shape index (κ1) is 12.9. The quantitative estimate of drug-likeness (QED) is 0.938. The molecule has 110 valence electrons. The molecule has 1 unspecified atom stereocenters. The predicted molar refractivity (Wildman–Crippen MR) is 79.2 cm³/mol.